The average molecular weight is 505 g/mol. The van der Waals surface area contributed by atoms with Crippen LogP contribution >= 0.6 is 47.8 Å². The van der Waals surface area contributed by atoms with Crippen LogP contribution in [-0.2, 0) is 0 Å². The first-order valence-corrected chi connectivity index (χ1v) is 9.55. The second-order valence-corrected chi connectivity index (χ2v) is 6.17. The zero-order valence-corrected chi connectivity index (χ0v) is 17.7. The SMILES string of the molecule is BrCCCBr.CC[N+](CC)(CC)CCCBr.[Br-]. The number of hydrogen-bond donors (Lipinski definition) is 0. The van der Waals surface area contributed by atoms with E-state index in [1.165, 1.54) is 43.5 Å². The van der Waals surface area contributed by atoms with Gasteiger partial charge < -0.3 is 21.5 Å². The lowest BCUT2D eigenvalue weighted by Gasteiger charge is -2.35. The van der Waals surface area contributed by atoms with E-state index in [1.54, 1.807) is 0 Å². The van der Waals surface area contributed by atoms with E-state index in [1.807, 2.05) is 0 Å². The number of hydrogen-bond acceptors (Lipinski definition) is 0. The number of halogens is 4. The smallest absolute Gasteiger partial charge is 0.0794 e. The molecule has 0 rings (SSSR count). The fourth-order valence-corrected chi connectivity index (χ4v) is 3.15. The van der Waals surface area contributed by atoms with Crippen molar-refractivity contribution in [1.82, 2.24) is 0 Å². The Morgan fingerprint density at radius 2 is 1.06 bits per heavy atom. The van der Waals surface area contributed by atoms with Crippen LogP contribution in [-0.4, -0.2) is 46.7 Å². The van der Waals surface area contributed by atoms with Gasteiger partial charge in [0.1, 0.15) is 0 Å². The summed E-state index contributed by atoms with van der Waals surface area (Å²) in [5.74, 6) is 0. The highest BCUT2D eigenvalue weighted by Crippen LogP contribution is 2.07. The van der Waals surface area contributed by atoms with Crippen molar-refractivity contribution in [1.29, 1.82) is 0 Å². The van der Waals surface area contributed by atoms with E-state index in [-0.39, 0.29) is 17.0 Å². The molecule has 0 radical (unpaired) electrons. The third-order valence-corrected chi connectivity index (χ3v) is 4.73. The lowest BCUT2D eigenvalue weighted by atomic mass is 10.3. The first kappa shape index (κ1) is 23.9. The third-order valence-electron chi connectivity index (χ3n) is 3.05. The molecule has 0 aromatic heterocycles. The molecule has 0 aromatic carbocycles. The first-order valence-electron chi connectivity index (χ1n) is 6.19. The fourth-order valence-electron chi connectivity index (χ4n) is 1.59. The molecule has 108 valence electrons. The monoisotopic (exact) mass is 501 g/mol. The van der Waals surface area contributed by atoms with Crippen molar-refractivity contribution >= 4 is 47.8 Å². The molecule has 0 aliphatic rings. The third kappa shape index (κ3) is 14.1. The van der Waals surface area contributed by atoms with Crippen LogP contribution in [0, 0.1) is 0 Å². The maximum atomic E-state index is 3.48. The van der Waals surface area contributed by atoms with E-state index in [0.29, 0.717) is 0 Å². The molecule has 17 heavy (non-hydrogen) atoms. The van der Waals surface area contributed by atoms with Gasteiger partial charge in [0.05, 0.1) is 26.2 Å². The standard InChI is InChI=1S/C9H21BrN.C3H6Br2.BrH/c1-4-11(5-2,6-3)9-7-8-10;4-2-1-3-5;/h4-9H2,1-3H3;1-3H2;1H/q+1;;/p-1. The zero-order valence-electron chi connectivity index (χ0n) is 11.3. The first-order chi connectivity index (χ1) is 7.66. The second-order valence-electron chi connectivity index (χ2n) is 3.79. The Morgan fingerprint density at radius 1 is 0.706 bits per heavy atom. The van der Waals surface area contributed by atoms with Crippen LogP contribution in [0.1, 0.15) is 33.6 Å². The fraction of sp³-hybridized carbons (Fsp3) is 1.00. The van der Waals surface area contributed by atoms with Crippen molar-refractivity contribution in [2.45, 2.75) is 33.6 Å². The van der Waals surface area contributed by atoms with E-state index < -0.39 is 0 Å². The van der Waals surface area contributed by atoms with E-state index >= 15 is 0 Å². The molecule has 0 spiro atoms. The van der Waals surface area contributed by atoms with Gasteiger partial charge in [-0.3, -0.25) is 0 Å². The zero-order chi connectivity index (χ0) is 12.9. The molecular weight excluding hydrogens is 478 g/mol. The maximum absolute atomic E-state index is 3.48. The molecule has 0 heterocycles. The highest BCUT2D eigenvalue weighted by Gasteiger charge is 2.18. The minimum Gasteiger partial charge on any atom is -1.00 e. The Balaban J connectivity index is -0.000000280. The normalized spacial score (nSPS) is 10.2. The van der Waals surface area contributed by atoms with Gasteiger partial charge in [-0.25, -0.2) is 0 Å². The molecule has 0 atom stereocenters. The van der Waals surface area contributed by atoms with E-state index in [2.05, 4.69) is 68.6 Å². The summed E-state index contributed by atoms with van der Waals surface area (Å²) in [5.41, 5.74) is 0. The van der Waals surface area contributed by atoms with Crippen LogP contribution in [0.3, 0.4) is 0 Å². The predicted octanol–water partition coefficient (Wildman–Crippen LogP) is 1.82. The quantitative estimate of drug-likeness (QED) is 0.349. The van der Waals surface area contributed by atoms with Gasteiger partial charge in [-0.1, -0.05) is 47.8 Å². The van der Waals surface area contributed by atoms with Gasteiger partial charge in [0, 0.05) is 22.4 Å². The van der Waals surface area contributed by atoms with Gasteiger partial charge in [0.25, 0.3) is 0 Å². The molecule has 0 aliphatic heterocycles. The molecule has 0 N–H and O–H groups in total. The van der Waals surface area contributed by atoms with Crippen LogP contribution in [0.15, 0.2) is 0 Å². The van der Waals surface area contributed by atoms with Crippen LogP contribution < -0.4 is 17.0 Å². The van der Waals surface area contributed by atoms with Crippen molar-refractivity contribution in [3.63, 3.8) is 0 Å². The molecular formula is C12H27Br4N. The summed E-state index contributed by atoms with van der Waals surface area (Å²) in [6.45, 7) is 12.0. The lowest BCUT2D eigenvalue weighted by Crippen LogP contribution is -3.00. The average Bonchev–Trinajstić information content (AvgIpc) is 2.34. The molecule has 0 amide bonds. The molecule has 0 aliphatic carbocycles. The summed E-state index contributed by atoms with van der Waals surface area (Å²) < 4.78 is 1.28. The van der Waals surface area contributed by atoms with Gasteiger partial charge in [0.15, 0.2) is 0 Å². The molecule has 0 fully saturated rings. The highest BCUT2D eigenvalue weighted by molar-refractivity contribution is 9.09. The lowest BCUT2D eigenvalue weighted by molar-refractivity contribution is -0.923. The van der Waals surface area contributed by atoms with E-state index in [4.69, 9.17) is 0 Å². The highest BCUT2D eigenvalue weighted by atomic mass is 79.9. The molecule has 5 heteroatoms. The molecule has 1 nitrogen and oxygen atoms in total. The topological polar surface area (TPSA) is 0 Å². The minimum atomic E-state index is 0. The molecule has 0 saturated heterocycles. The van der Waals surface area contributed by atoms with E-state index in [0.717, 1.165) is 16.0 Å². The second kappa shape index (κ2) is 17.9. The number of rotatable bonds is 8. The number of quaternary nitrogens is 1. The Kier molecular flexibility index (Phi) is 25.2. The number of alkyl halides is 3. The van der Waals surface area contributed by atoms with Gasteiger partial charge in [-0.05, 0) is 27.2 Å². The van der Waals surface area contributed by atoms with Gasteiger partial charge in [-0.2, -0.15) is 0 Å². The van der Waals surface area contributed by atoms with Crippen molar-refractivity contribution in [3.8, 4) is 0 Å². The molecule has 0 saturated carbocycles. The summed E-state index contributed by atoms with van der Waals surface area (Å²) in [6, 6.07) is 0. The van der Waals surface area contributed by atoms with Crippen molar-refractivity contribution in [2.24, 2.45) is 0 Å². The van der Waals surface area contributed by atoms with Crippen molar-refractivity contribution < 1.29 is 21.5 Å². The Hall–Kier alpha value is 1.88. The van der Waals surface area contributed by atoms with Crippen LogP contribution in [0.2, 0.25) is 0 Å². The predicted molar refractivity (Wildman–Crippen MR) is 87.4 cm³/mol. The Bertz CT molecular complexity index is 119. The van der Waals surface area contributed by atoms with Crippen molar-refractivity contribution in [2.75, 3.05) is 42.2 Å². The summed E-state index contributed by atoms with van der Waals surface area (Å²) in [6.07, 6.45) is 2.52. The minimum absolute atomic E-state index is 0. The van der Waals surface area contributed by atoms with Crippen LogP contribution in [0.5, 0.6) is 0 Å². The van der Waals surface area contributed by atoms with Crippen LogP contribution in [0.4, 0.5) is 0 Å². The summed E-state index contributed by atoms with van der Waals surface area (Å²) >= 11 is 10.0. The summed E-state index contributed by atoms with van der Waals surface area (Å²) in [4.78, 5) is 0. The Labute approximate surface area is 144 Å². The van der Waals surface area contributed by atoms with Crippen LogP contribution in [0.25, 0.3) is 0 Å². The summed E-state index contributed by atoms with van der Waals surface area (Å²) in [5, 5.41) is 3.36. The van der Waals surface area contributed by atoms with Gasteiger partial charge in [0.2, 0.25) is 0 Å². The van der Waals surface area contributed by atoms with Gasteiger partial charge >= 0.3 is 0 Å². The van der Waals surface area contributed by atoms with E-state index in [9.17, 15) is 0 Å². The molecule has 0 unspecified atom stereocenters. The van der Waals surface area contributed by atoms with Gasteiger partial charge in [-0.15, -0.1) is 0 Å². The number of nitrogens with zero attached hydrogens (tertiary/aromatic N) is 1. The largest absolute Gasteiger partial charge is 1.00 e. The van der Waals surface area contributed by atoms with Crippen molar-refractivity contribution in [3.05, 3.63) is 0 Å². The maximum Gasteiger partial charge on any atom is 0.0794 e. The Morgan fingerprint density at radius 3 is 1.24 bits per heavy atom. The molecule has 0 bridgehead atoms. The summed E-state index contributed by atoms with van der Waals surface area (Å²) in [7, 11) is 0. The molecule has 0 aromatic rings.